The summed E-state index contributed by atoms with van der Waals surface area (Å²) in [7, 11) is 2.00. The van der Waals surface area contributed by atoms with E-state index in [0.29, 0.717) is 11.3 Å². The first-order valence-electron chi connectivity index (χ1n) is 9.05. The van der Waals surface area contributed by atoms with Gasteiger partial charge in [-0.15, -0.1) is 0 Å². The SMILES string of the molecule is Cn1c2c(c3ccccc31)C(=O)c1ccc(OC[C@H](O)CO)cc1C2(C)C. The molecule has 2 N–H and O–H groups in total. The number of para-hydroxylation sites is 1. The smallest absolute Gasteiger partial charge is 0.195 e. The number of aryl methyl sites for hydroxylation is 1. The topological polar surface area (TPSA) is 71.7 Å². The highest BCUT2D eigenvalue weighted by Crippen LogP contribution is 2.45. The van der Waals surface area contributed by atoms with Gasteiger partial charge in [-0.3, -0.25) is 4.79 Å². The number of hydrogen-bond acceptors (Lipinski definition) is 4. The van der Waals surface area contributed by atoms with Crippen LogP contribution in [0.5, 0.6) is 5.75 Å². The second-order valence-electron chi connectivity index (χ2n) is 7.61. The van der Waals surface area contributed by atoms with Gasteiger partial charge in [-0.25, -0.2) is 0 Å². The number of aromatic nitrogens is 1. The van der Waals surface area contributed by atoms with Crippen LogP contribution in [0.1, 0.15) is 41.0 Å². The number of benzene rings is 2. The average molecular weight is 365 g/mol. The number of ketones is 1. The average Bonchev–Trinajstić information content (AvgIpc) is 2.98. The molecule has 5 nitrogen and oxygen atoms in total. The number of aliphatic hydroxyl groups is 2. The summed E-state index contributed by atoms with van der Waals surface area (Å²) in [6.07, 6.45) is -0.930. The van der Waals surface area contributed by atoms with Crippen molar-refractivity contribution in [3.8, 4) is 5.75 Å². The molecule has 0 unspecified atom stereocenters. The largest absolute Gasteiger partial charge is 0.491 e. The van der Waals surface area contributed by atoms with Crippen LogP contribution in [-0.2, 0) is 12.5 Å². The van der Waals surface area contributed by atoms with Crippen molar-refractivity contribution in [3.63, 3.8) is 0 Å². The molecule has 0 saturated heterocycles. The van der Waals surface area contributed by atoms with Gasteiger partial charge in [0.25, 0.3) is 0 Å². The fourth-order valence-corrected chi connectivity index (χ4v) is 4.19. The second-order valence-corrected chi connectivity index (χ2v) is 7.61. The molecule has 1 aromatic heterocycles. The van der Waals surface area contributed by atoms with Crippen LogP contribution < -0.4 is 4.74 Å². The molecule has 0 spiro atoms. The number of fused-ring (bicyclic) bond motifs is 4. The van der Waals surface area contributed by atoms with Gasteiger partial charge in [-0.1, -0.05) is 32.0 Å². The predicted molar refractivity (Wildman–Crippen MR) is 104 cm³/mol. The Morgan fingerprint density at radius 2 is 1.93 bits per heavy atom. The fraction of sp³-hybridized carbons (Fsp3) is 0.318. The third-order valence-corrected chi connectivity index (χ3v) is 5.49. The number of hydrogen-bond donors (Lipinski definition) is 2. The minimum absolute atomic E-state index is 0.00293. The lowest BCUT2D eigenvalue weighted by Gasteiger charge is -2.34. The monoisotopic (exact) mass is 365 g/mol. The summed E-state index contributed by atoms with van der Waals surface area (Å²) in [5.74, 6) is 0.599. The van der Waals surface area contributed by atoms with Crippen molar-refractivity contribution in [2.24, 2.45) is 7.05 Å². The van der Waals surface area contributed by atoms with E-state index in [2.05, 4.69) is 18.4 Å². The van der Waals surface area contributed by atoms with E-state index in [4.69, 9.17) is 9.84 Å². The van der Waals surface area contributed by atoms with Crippen LogP contribution in [0.2, 0.25) is 0 Å². The first-order valence-corrected chi connectivity index (χ1v) is 9.05. The van der Waals surface area contributed by atoms with Crippen LogP contribution in [0.3, 0.4) is 0 Å². The number of nitrogens with zero attached hydrogens (tertiary/aromatic N) is 1. The Hall–Kier alpha value is -2.63. The molecule has 2 aromatic carbocycles. The quantitative estimate of drug-likeness (QED) is 0.746. The normalized spacial score (nSPS) is 16.1. The van der Waals surface area contributed by atoms with Gasteiger partial charge in [0, 0.05) is 34.6 Å². The molecule has 5 heteroatoms. The van der Waals surface area contributed by atoms with E-state index in [1.165, 1.54) is 0 Å². The number of ether oxygens (including phenoxy) is 1. The Morgan fingerprint density at radius 1 is 1.19 bits per heavy atom. The molecule has 1 aliphatic rings. The van der Waals surface area contributed by atoms with Gasteiger partial charge < -0.3 is 19.5 Å². The van der Waals surface area contributed by atoms with Crippen LogP contribution in [0, 0.1) is 0 Å². The number of rotatable bonds is 4. The van der Waals surface area contributed by atoms with E-state index in [1.54, 1.807) is 12.1 Å². The van der Waals surface area contributed by atoms with Gasteiger partial charge >= 0.3 is 0 Å². The molecule has 0 aliphatic heterocycles. The van der Waals surface area contributed by atoms with Crippen LogP contribution >= 0.6 is 0 Å². The Bertz CT molecular complexity index is 1050. The molecule has 4 rings (SSSR count). The van der Waals surface area contributed by atoms with E-state index < -0.39 is 6.10 Å². The van der Waals surface area contributed by atoms with E-state index in [9.17, 15) is 9.90 Å². The van der Waals surface area contributed by atoms with Gasteiger partial charge in [0.2, 0.25) is 0 Å². The lowest BCUT2D eigenvalue weighted by molar-refractivity contribution is 0.0535. The second kappa shape index (κ2) is 6.22. The Labute approximate surface area is 157 Å². The lowest BCUT2D eigenvalue weighted by atomic mass is 9.71. The maximum atomic E-state index is 13.3. The van der Waals surface area contributed by atoms with Gasteiger partial charge in [-0.05, 0) is 29.8 Å². The van der Waals surface area contributed by atoms with E-state index in [0.717, 1.165) is 27.7 Å². The molecule has 1 aliphatic carbocycles. The fourth-order valence-electron chi connectivity index (χ4n) is 4.19. The summed E-state index contributed by atoms with van der Waals surface area (Å²) >= 11 is 0. The molecular formula is C22H23NO4. The van der Waals surface area contributed by atoms with Crippen molar-refractivity contribution < 1.29 is 19.7 Å². The molecular weight excluding hydrogens is 342 g/mol. The highest BCUT2D eigenvalue weighted by atomic mass is 16.5. The third-order valence-electron chi connectivity index (χ3n) is 5.49. The molecule has 3 aromatic rings. The Balaban J connectivity index is 1.87. The molecule has 0 saturated carbocycles. The molecule has 27 heavy (non-hydrogen) atoms. The van der Waals surface area contributed by atoms with Crippen LogP contribution in [-0.4, -0.2) is 39.9 Å². The first-order chi connectivity index (χ1) is 12.9. The Morgan fingerprint density at radius 3 is 2.67 bits per heavy atom. The van der Waals surface area contributed by atoms with Crippen molar-refractivity contribution in [2.45, 2.75) is 25.4 Å². The summed E-state index contributed by atoms with van der Waals surface area (Å²) < 4.78 is 7.71. The highest BCUT2D eigenvalue weighted by Gasteiger charge is 2.41. The van der Waals surface area contributed by atoms with Gasteiger partial charge in [0.05, 0.1) is 12.2 Å². The third kappa shape index (κ3) is 2.58. The predicted octanol–water partition coefficient (Wildman–Crippen LogP) is 2.78. The summed E-state index contributed by atoms with van der Waals surface area (Å²) in [6, 6.07) is 13.4. The number of carbonyl (C=O) groups excluding carboxylic acids is 1. The van der Waals surface area contributed by atoms with Crippen molar-refractivity contribution >= 4 is 16.7 Å². The summed E-state index contributed by atoms with van der Waals surface area (Å²) in [5.41, 5.74) is 4.00. The van der Waals surface area contributed by atoms with Crippen molar-refractivity contribution in [3.05, 3.63) is 64.8 Å². The van der Waals surface area contributed by atoms with Gasteiger partial charge in [-0.2, -0.15) is 0 Å². The standard InChI is InChI=1S/C22H23NO4/c1-22(2)17-10-14(27-12-13(25)11-24)8-9-15(17)20(26)19-16-6-4-5-7-18(16)23(3)21(19)22/h4-10,13,24-25H,11-12H2,1-3H3/t13-/m1/s1. The summed E-state index contributed by atoms with van der Waals surface area (Å²) in [6.45, 7) is 3.88. The van der Waals surface area contributed by atoms with Crippen LogP contribution in [0.4, 0.5) is 0 Å². The van der Waals surface area contributed by atoms with Crippen molar-refractivity contribution in [1.29, 1.82) is 0 Å². The van der Waals surface area contributed by atoms with E-state index >= 15 is 0 Å². The Kier molecular flexibility index (Phi) is 4.09. The maximum Gasteiger partial charge on any atom is 0.195 e. The van der Waals surface area contributed by atoms with Gasteiger partial charge in [0.1, 0.15) is 18.5 Å². The molecule has 140 valence electrons. The minimum Gasteiger partial charge on any atom is -0.491 e. The molecule has 1 atom stereocenters. The highest BCUT2D eigenvalue weighted by molar-refractivity contribution is 6.20. The minimum atomic E-state index is -0.930. The van der Waals surface area contributed by atoms with Crippen molar-refractivity contribution in [1.82, 2.24) is 4.57 Å². The zero-order valence-corrected chi connectivity index (χ0v) is 15.7. The number of carbonyl (C=O) groups is 1. The van der Waals surface area contributed by atoms with E-state index in [1.807, 2.05) is 37.4 Å². The zero-order chi connectivity index (χ0) is 19.3. The molecule has 1 heterocycles. The van der Waals surface area contributed by atoms with E-state index in [-0.39, 0.29) is 24.4 Å². The lowest BCUT2D eigenvalue weighted by Crippen LogP contribution is -2.32. The molecule has 0 fully saturated rings. The molecule has 0 radical (unpaired) electrons. The number of aliphatic hydroxyl groups excluding tert-OH is 2. The van der Waals surface area contributed by atoms with Crippen LogP contribution in [0.15, 0.2) is 42.5 Å². The maximum absolute atomic E-state index is 13.3. The molecule has 0 amide bonds. The van der Waals surface area contributed by atoms with Crippen molar-refractivity contribution in [2.75, 3.05) is 13.2 Å². The summed E-state index contributed by atoms with van der Waals surface area (Å²) in [5, 5.41) is 19.4. The first kappa shape index (κ1) is 17.8. The zero-order valence-electron chi connectivity index (χ0n) is 15.7. The van der Waals surface area contributed by atoms with Gasteiger partial charge in [0.15, 0.2) is 5.78 Å². The molecule has 0 bridgehead atoms. The summed E-state index contributed by atoms with van der Waals surface area (Å²) in [4.78, 5) is 13.3. The van der Waals surface area contributed by atoms with Crippen LogP contribution in [0.25, 0.3) is 10.9 Å².